The third kappa shape index (κ3) is 4.26. The van der Waals surface area contributed by atoms with Crippen LogP contribution in [0.2, 0.25) is 0 Å². The Hall–Kier alpha value is -1.84. The molecule has 0 saturated heterocycles. The van der Waals surface area contributed by atoms with Crippen molar-refractivity contribution in [3.05, 3.63) is 35.9 Å². The number of rotatable bonds is 5. The van der Waals surface area contributed by atoms with Crippen LogP contribution in [0.5, 0.6) is 0 Å². The Morgan fingerprint density at radius 1 is 1.24 bits per heavy atom. The number of nitrogens with one attached hydrogen (secondary N) is 1. The van der Waals surface area contributed by atoms with E-state index in [9.17, 15) is 9.59 Å². The number of carboxylic acids is 1. The minimum atomic E-state index is -0.977. The van der Waals surface area contributed by atoms with Gasteiger partial charge in [0.2, 0.25) is 5.91 Å². The summed E-state index contributed by atoms with van der Waals surface area (Å²) >= 11 is 0. The van der Waals surface area contributed by atoms with E-state index >= 15 is 0 Å². The molecule has 0 aromatic heterocycles. The summed E-state index contributed by atoms with van der Waals surface area (Å²) in [6, 6.07) is 8.82. The maximum atomic E-state index is 11.6. The van der Waals surface area contributed by atoms with Crippen molar-refractivity contribution in [2.75, 3.05) is 0 Å². The van der Waals surface area contributed by atoms with Crippen LogP contribution >= 0.6 is 0 Å². The molecular formula is C13H17NO3. The number of carbonyl (C=O) groups is 2. The van der Waals surface area contributed by atoms with Crippen molar-refractivity contribution in [1.82, 2.24) is 5.32 Å². The van der Waals surface area contributed by atoms with E-state index in [2.05, 4.69) is 5.32 Å². The van der Waals surface area contributed by atoms with Crippen LogP contribution < -0.4 is 5.32 Å². The van der Waals surface area contributed by atoms with Gasteiger partial charge in [-0.25, -0.2) is 0 Å². The highest BCUT2D eigenvalue weighted by Crippen LogP contribution is 2.19. The van der Waals surface area contributed by atoms with Gasteiger partial charge in [0.1, 0.15) is 0 Å². The first kappa shape index (κ1) is 13.2. The zero-order valence-corrected chi connectivity index (χ0v) is 10.0. The van der Waals surface area contributed by atoms with E-state index in [1.807, 2.05) is 19.9 Å². The molecular weight excluding hydrogens is 218 g/mol. The second-order valence-corrected chi connectivity index (χ2v) is 4.23. The van der Waals surface area contributed by atoms with Gasteiger partial charge in [0.05, 0.1) is 5.92 Å². The number of hydrogen-bond donors (Lipinski definition) is 2. The van der Waals surface area contributed by atoms with Gasteiger partial charge in [-0.3, -0.25) is 9.59 Å². The fourth-order valence-corrected chi connectivity index (χ4v) is 1.60. The van der Waals surface area contributed by atoms with E-state index in [4.69, 9.17) is 5.11 Å². The van der Waals surface area contributed by atoms with Crippen molar-refractivity contribution in [2.45, 2.75) is 32.2 Å². The molecule has 0 unspecified atom stereocenters. The minimum Gasteiger partial charge on any atom is -0.481 e. The van der Waals surface area contributed by atoms with Gasteiger partial charge in [-0.2, -0.15) is 0 Å². The second-order valence-electron chi connectivity index (χ2n) is 4.23. The summed E-state index contributed by atoms with van der Waals surface area (Å²) in [7, 11) is 0. The van der Waals surface area contributed by atoms with Gasteiger partial charge >= 0.3 is 5.97 Å². The lowest BCUT2D eigenvalue weighted by Crippen LogP contribution is -2.32. The van der Waals surface area contributed by atoms with E-state index in [0.717, 1.165) is 0 Å². The fourth-order valence-electron chi connectivity index (χ4n) is 1.60. The zero-order valence-electron chi connectivity index (χ0n) is 10.0. The molecule has 0 fully saturated rings. The number of carboxylic acid groups (broad SMARTS) is 1. The van der Waals surface area contributed by atoms with Crippen molar-refractivity contribution < 1.29 is 14.7 Å². The van der Waals surface area contributed by atoms with E-state index in [-0.39, 0.29) is 18.4 Å². The first-order valence-corrected chi connectivity index (χ1v) is 5.58. The highest BCUT2D eigenvalue weighted by atomic mass is 16.4. The number of hydrogen-bond acceptors (Lipinski definition) is 2. The van der Waals surface area contributed by atoms with Crippen LogP contribution in [0.3, 0.4) is 0 Å². The van der Waals surface area contributed by atoms with Crippen molar-refractivity contribution in [1.29, 1.82) is 0 Å². The Labute approximate surface area is 101 Å². The average Bonchev–Trinajstić information content (AvgIpc) is 2.25. The molecule has 0 aliphatic rings. The molecule has 0 aliphatic heterocycles. The summed E-state index contributed by atoms with van der Waals surface area (Å²) in [5.74, 6) is -2.00. The van der Waals surface area contributed by atoms with E-state index in [1.165, 1.54) is 0 Å². The molecule has 4 heteroatoms. The summed E-state index contributed by atoms with van der Waals surface area (Å²) in [6.07, 6.45) is -0.0302. The molecule has 0 spiro atoms. The maximum Gasteiger partial charge on any atom is 0.311 e. The van der Waals surface area contributed by atoms with Crippen LogP contribution in [0.25, 0.3) is 0 Å². The molecule has 1 amide bonds. The third-order valence-electron chi connectivity index (χ3n) is 2.34. The predicted octanol–water partition coefficient (Wildman–Crippen LogP) is 1.77. The summed E-state index contributed by atoms with van der Waals surface area (Å²) in [5, 5.41) is 11.8. The minimum absolute atomic E-state index is 0.0210. The van der Waals surface area contributed by atoms with Crippen LogP contribution in [0.4, 0.5) is 0 Å². The third-order valence-corrected chi connectivity index (χ3v) is 2.34. The van der Waals surface area contributed by atoms with Gasteiger partial charge in [0.25, 0.3) is 0 Å². The molecule has 0 aliphatic carbocycles. The largest absolute Gasteiger partial charge is 0.481 e. The Kier molecular flexibility index (Phi) is 4.69. The molecule has 2 N–H and O–H groups in total. The average molecular weight is 235 g/mol. The molecule has 17 heavy (non-hydrogen) atoms. The van der Waals surface area contributed by atoms with Crippen LogP contribution in [-0.4, -0.2) is 23.0 Å². The summed E-state index contributed by atoms with van der Waals surface area (Å²) in [6.45, 7) is 3.69. The van der Waals surface area contributed by atoms with Crippen LogP contribution in [-0.2, 0) is 9.59 Å². The lowest BCUT2D eigenvalue weighted by Gasteiger charge is -2.14. The van der Waals surface area contributed by atoms with Gasteiger partial charge in [0, 0.05) is 12.5 Å². The fraction of sp³-hybridized carbons (Fsp3) is 0.385. The van der Waals surface area contributed by atoms with Crippen LogP contribution in [0.15, 0.2) is 30.3 Å². The number of aliphatic carboxylic acids is 1. The van der Waals surface area contributed by atoms with Crippen LogP contribution in [0, 0.1) is 0 Å². The monoisotopic (exact) mass is 235 g/mol. The van der Waals surface area contributed by atoms with Gasteiger partial charge in [0.15, 0.2) is 0 Å². The molecule has 0 radical (unpaired) electrons. The Bertz CT molecular complexity index is 387. The molecule has 92 valence electrons. The van der Waals surface area contributed by atoms with Crippen molar-refractivity contribution in [3.8, 4) is 0 Å². The predicted molar refractivity (Wildman–Crippen MR) is 64.7 cm³/mol. The Balaban J connectivity index is 2.75. The molecule has 0 heterocycles. The van der Waals surface area contributed by atoms with Crippen LogP contribution in [0.1, 0.15) is 31.7 Å². The maximum absolute atomic E-state index is 11.6. The van der Waals surface area contributed by atoms with E-state index < -0.39 is 11.9 Å². The van der Waals surface area contributed by atoms with Gasteiger partial charge < -0.3 is 10.4 Å². The summed E-state index contributed by atoms with van der Waals surface area (Å²) < 4.78 is 0. The normalized spacial score (nSPS) is 12.2. The molecule has 4 nitrogen and oxygen atoms in total. The molecule has 1 rings (SSSR count). The van der Waals surface area contributed by atoms with E-state index in [1.54, 1.807) is 24.3 Å². The first-order chi connectivity index (χ1) is 8.00. The van der Waals surface area contributed by atoms with Crippen molar-refractivity contribution >= 4 is 11.9 Å². The second kappa shape index (κ2) is 6.03. The smallest absolute Gasteiger partial charge is 0.311 e. The van der Waals surface area contributed by atoms with Crippen molar-refractivity contribution in [2.24, 2.45) is 0 Å². The first-order valence-electron chi connectivity index (χ1n) is 5.58. The SMILES string of the molecule is CC(C)NC(=O)C[C@@H](C(=O)O)c1ccccc1. The summed E-state index contributed by atoms with van der Waals surface area (Å²) in [5.41, 5.74) is 0.652. The van der Waals surface area contributed by atoms with Gasteiger partial charge in [-0.15, -0.1) is 0 Å². The molecule has 0 bridgehead atoms. The lowest BCUT2D eigenvalue weighted by atomic mass is 9.95. The number of amides is 1. The topological polar surface area (TPSA) is 66.4 Å². The van der Waals surface area contributed by atoms with Gasteiger partial charge in [-0.1, -0.05) is 30.3 Å². The molecule has 1 atom stereocenters. The number of carbonyl (C=O) groups excluding carboxylic acids is 1. The molecule has 1 aromatic rings. The number of benzene rings is 1. The highest BCUT2D eigenvalue weighted by molar-refractivity contribution is 5.85. The standard InChI is InChI=1S/C13H17NO3/c1-9(2)14-12(15)8-11(13(16)17)10-6-4-3-5-7-10/h3-7,9,11H,8H2,1-2H3,(H,14,15)(H,16,17)/t11-/m1/s1. The zero-order chi connectivity index (χ0) is 12.8. The Morgan fingerprint density at radius 3 is 2.29 bits per heavy atom. The Morgan fingerprint density at radius 2 is 1.82 bits per heavy atom. The van der Waals surface area contributed by atoms with Crippen molar-refractivity contribution in [3.63, 3.8) is 0 Å². The van der Waals surface area contributed by atoms with E-state index in [0.29, 0.717) is 5.56 Å². The van der Waals surface area contributed by atoms with Gasteiger partial charge in [-0.05, 0) is 19.4 Å². The highest BCUT2D eigenvalue weighted by Gasteiger charge is 2.23. The quantitative estimate of drug-likeness (QED) is 0.817. The lowest BCUT2D eigenvalue weighted by molar-refractivity contribution is -0.140. The molecule has 0 saturated carbocycles. The molecule has 1 aromatic carbocycles. The summed E-state index contributed by atoms with van der Waals surface area (Å²) in [4.78, 5) is 22.7.